The number of nitrogens with zero attached hydrogens (tertiary/aromatic N) is 2. The Morgan fingerprint density at radius 3 is 2.59 bits per heavy atom. The Hall–Kier alpha value is -2.82. The minimum atomic E-state index is -0.0894. The summed E-state index contributed by atoms with van der Waals surface area (Å²) in [5.74, 6) is 0.459. The first-order valence-electron chi connectivity index (χ1n) is 10.4. The molecule has 1 saturated heterocycles. The van der Waals surface area contributed by atoms with Crippen LogP contribution in [-0.4, -0.2) is 36.5 Å². The Balaban J connectivity index is 1.68. The van der Waals surface area contributed by atoms with Gasteiger partial charge >= 0.3 is 6.03 Å². The molecular weight excluding hydrogens is 362 g/mol. The van der Waals surface area contributed by atoms with Crippen molar-refractivity contribution in [3.05, 3.63) is 65.2 Å². The Morgan fingerprint density at radius 2 is 1.86 bits per heavy atom. The van der Waals surface area contributed by atoms with Crippen LogP contribution in [0.15, 0.2) is 48.5 Å². The fourth-order valence-electron chi connectivity index (χ4n) is 3.47. The van der Waals surface area contributed by atoms with Crippen LogP contribution in [-0.2, 0) is 6.54 Å². The number of aryl methyl sites for hydroxylation is 1. The lowest BCUT2D eigenvalue weighted by atomic mass is 10.1. The molecule has 5 nitrogen and oxygen atoms in total. The molecule has 1 fully saturated rings. The quantitative estimate of drug-likeness (QED) is 0.747. The SMILES string of the molecule is Cc1ccc(CN2CCCN(c3cccc(C(=O)NCCC(C)C)c3)C2=O)cc1. The first-order valence-corrected chi connectivity index (χ1v) is 10.4. The van der Waals surface area contributed by atoms with Gasteiger partial charge in [0.15, 0.2) is 0 Å². The van der Waals surface area contributed by atoms with E-state index in [0.717, 1.165) is 30.6 Å². The van der Waals surface area contributed by atoms with Gasteiger partial charge in [-0.3, -0.25) is 9.69 Å². The van der Waals surface area contributed by atoms with Crippen LogP contribution in [0.25, 0.3) is 0 Å². The number of urea groups is 1. The van der Waals surface area contributed by atoms with Gasteiger partial charge in [-0.1, -0.05) is 49.7 Å². The van der Waals surface area contributed by atoms with Gasteiger partial charge in [0.2, 0.25) is 0 Å². The maximum Gasteiger partial charge on any atom is 0.324 e. The highest BCUT2D eigenvalue weighted by atomic mass is 16.2. The van der Waals surface area contributed by atoms with E-state index in [1.165, 1.54) is 5.56 Å². The van der Waals surface area contributed by atoms with Crippen LogP contribution in [0.5, 0.6) is 0 Å². The van der Waals surface area contributed by atoms with Gasteiger partial charge in [-0.2, -0.15) is 0 Å². The number of hydrogen-bond acceptors (Lipinski definition) is 2. The average molecular weight is 394 g/mol. The molecule has 0 unspecified atom stereocenters. The monoisotopic (exact) mass is 393 g/mol. The van der Waals surface area contributed by atoms with Crippen LogP contribution in [0.3, 0.4) is 0 Å². The van der Waals surface area contributed by atoms with Crippen molar-refractivity contribution in [2.24, 2.45) is 5.92 Å². The smallest absolute Gasteiger partial charge is 0.324 e. The summed E-state index contributed by atoms with van der Waals surface area (Å²) in [7, 11) is 0. The van der Waals surface area contributed by atoms with Gasteiger partial charge in [-0.15, -0.1) is 0 Å². The third-order valence-corrected chi connectivity index (χ3v) is 5.23. The van der Waals surface area contributed by atoms with Gasteiger partial charge in [-0.25, -0.2) is 4.79 Å². The van der Waals surface area contributed by atoms with E-state index in [9.17, 15) is 9.59 Å². The molecule has 0 atom stereocenters. The number of rotatable bonds is 7. The van der Waals surface area contributed by atoms with Crippen molar-refractivity contribution in [2.75, 3.05) is 24.5 Å². The molecule has 2 aromatic rings. The Bertz CT molecular complexity index is 845. The molecule has 29 heavy (non-hydrogen) atoms. The minimum Gasteiger partial charge on any atom is -0.352 e. The van der Waals surface area contributed by atoms with Crippen LogP contribution in [0.4, 0.5) is 10.5 Å². The van der Waals surface area contributed by atoms with Gasteiger partial charge in [0.05, 0.1) is 0 Å². The summed E-state index contributed by atoms with van der Waals surface area (Å²) >= 11 is 0. The van der Waals surface area contributed by atoms with E-state index in [4.69, 9.17) is 0 Å². The van der Waals surface area contributed by atoms with Crippen LogP contribution < -0.4 is 10.2 Å². The molecule has 1 N–H and O–H groups in total. The van der Waals surface area contributed by atoms with Gasteiger partial charge in [0.1, 0.15) is 0 Å². The summed E-state index contributed by atoms with van der Waals surface area (Å²) in [6, 6.07) is 15.6. The largest absolute Gasteiger partial charge is 0.352 e. The fraction of sp³-hybridized carbons (Fsp3) is 0.417. The molecule has 3 rings (SSSR count). The molecule has 1 heterocycles. The number of amides is 3. The molecule has 5 heteroatoms. The number of carbonyl (C=O) groups excluding carboxylic acids is 2. The summed E-state index contributed by atoms with van der Waals surface area (Å²) in [5, 5.41) is 2.96. The van der Waals surface area contributed by atoms with Crippen molar-refractivity contribution < 1.29 is 9.59 Å². The first-order chi connectivity index (χ1) is 13.9. The van der Waals surface area contributed by atoms with Gasteiger partial charge in [0.25, 0.3) is 5.91 Å². The Labute approximate surface area is 173 Å². The average Bonchev–Trinajstić information content (AvgIpc) is 2.71. The zero-order valence-electron chi connectivity index (χ0n) is 17.6. The molecule has 0 saturated carbocycles. The molecule has 0 radical (unpaired) electrons. The maximum absolute atomic E-state index is 13.1. The molecule has 0 bridgehead atoms. The van der Waals surface area contributed by atoms with E-state index in [1.807, 2.05) is 23.1 Å². The number of hydrogen-bond donors (Lipinski definition) is 1. The molecule has 0 spiro atoms. The molecule has 3 amide bonds. The third kappa shape index (κ3) is 5.59. The van der Waals surface area contributed by atoms with E-state index < -0.39 is 0 Å². The second-order valence-electron chi connectivity index (χ2n) is 8.18. The zero-order valence-corrected chi connectivity index (χ0v) is 17.6. The minimum absolute atomic E-state index is 0.00538. The van der Waals surface area contributed by atoms with Crippen LogP contribution in [0.1, 0.15) is 48.2 Å². The molecule has 0 aromatic heterocycles. The molecule has 1 aliphatic rings. The summed E-state index contributed by atoms with van der Waals surface area (Å²) in [6.07, 6.45) is 1.85. The van der Waals surface area contributed by atoms with E-state index in [1.54, 1.807) is 11.0 Å². The van der Waals surface area contributed by atoms with E-state index in [0.29, 0.717) is 31.1 Å². The van der Waals surface area contributed by atoms with E-state index >= 15 is 0 Å². The molecule has 1 aliphatic heterocycles. The number of anilines is 1. The predicted octanol–water partition coefficient (Wildman–Crippen LogP) is 4.60. The normalized spacial score (nSPS) is 14.4. The molecule has 0 aliphatic carbocycles. The number of carbonyl (C=O) groups is 2. The number of benzene rings is 2. The maximum atomic E-state index is 13.1. The van der Waals surface area contributed by atoms with Crippen LogP contribution >= 0.6 is 0 Å². The van der Waals surface area contributed by atoms with Crippen molar-refractivity contribution in [2.45, 2.75) is 40.2 Å². The van der Waals surface area contributed by atoms with Crippen molar-refractivity contribution in [1.29, 1.82) is 0 Å². The first kappa shape index (κ1) is 20.9. The van der Waals surface area contributed by atoms with E-state index in [2.05, 4.69) is 50.4 Å². The standard InChI is InChI=1S/C24H31N3O2/c1-18(2)12-13-25-23(28)21-6-4-7-22(16-21)27-15-5-14-26(24(27)29)17-20-10-8-19(3)9-11-20/h4,6-11,16,18H,5,12-15,17H2,1-3H3,(H,25,28). The zero-order chi connectivity index (χ0) is 20.8. The lowest BCUT2D eigenvalue weighted by Crippen LogP contribution is -2.49. The topological polar surface area (TPSA) is 52.6 Å². The highest BCUT2D eigenvalue weighted by Gasteiger charge is 2.27. The van der Waals surface area contributed by atoms with Crippen molar-refractivity contribution in [3.8, 4) is 0 Å². The predicted molar refractivity (Wildman–Crippen MR) is 117 cm³/mol. The molecule has 2 aromatic carbocycles. The van der Waals surface area contributed by atoms with Crippen LogP contribution in [0, 0.1) is 12.8 Å². The Kier molecular flexibility index (Phi) is 6.91. The second kappa shape index (κ2) is 9.59. The summed E-state index contributed by atoms with van der Waals surface area (Å²) in [4.78, 5) is 29.2. The molecule has 154 valence electrons. The van der Waals surface area contributed by atoms with Crippen molar-refractivity contribution >= 4 is 17.6 Å². The van der Waals surface area contributed by atoms with Crippen molar-refractivity contribution in [3.63, 3.8) is 0 Å². The lowest BCUT2D eigenvalue weighted by molar-refractivity contribution is 0.0952. The Morgan fingerprint density at radius 1 is 1.10 bits per heavy atom. The highest BCUT2D eigenvalue weighted by molar-refractivity contribution is 5.98. The number of nitrogens with one attached hydrogen (secondary N) is 1. The molecular formula is C24H31N3O2. The summed E-state index contributed by atoms with van der Waals surface area (Å²) < 4.78 is 0. The van der Waals surface area contributed by atoms with Gasteiger partial charge in [-0.05, 0) is 49.4 Å². The second-order valence-corrected chi connectivity index (χ2v) is 8.18. The van der Waals surface area contributed by atoms with Crippen LogP contribution in [0.2, 0.25) is 0 Å². The highest BCUT2D eigenvalue weighted by Crippen LogP contribution is 2.23. The summed E-state index contributed by atoms with van der Waals surface area (Å²) in [5.41, 5.74) is 3.71. The summed E-state index contributed by atoms with van der Waals surface area (Å²) in [6.45, 7) is 9.01. The van der Waals surface area contributed by atoms with E-state index in [-0.39, 0.29) is 11.9 Å². The fourth-order valence-corrected chi connectivity index (χ4v) is 3.47. The van der Waals surface area contributed by atoms with Gasteiger partial charge in [0, 0.05) is 37.4 Å². The lowest BCUT2D eigenvalue weighted by Gasteiger charge is -2.36. The third-order valence-electron chi connectivity index (χ3n) is 5.23. The van der Waals surface area contributed by atoms with Gasteiger partial charge < -0.3 is 10.2 Å². The van der Waals surface area contributed by atoms with Crippen molar-refractivity contribution in [1.82, 2.24) is 10.2 Å².